The van der Waals surface area contributed by atoms with E-state index in [1.165, 1.54) is 24.6 Å². The van der Waals surface area contributed by atoms with Gasteiger partial charge in [-0.2, -0.15) is 11.8 Å². The van der Waals surface area contributed by atoms with Crippen molar-refractivity contribution in [3.63, 3.8) is 0 Å². The van der Waals surface area contributed by atoms with E-state index in [0.717, 1.165) is 45.9 Å². The van der Waals surface area contributed by atoms with E-state index in [4.69, 9.17) is 4.74 Å². The topological polar surface area (TPSA) is 31.0 Å². The third-order valence-electron chi connectivity index (χ3n) is 4.01. The minimum Gasteiger partial charge on any atom is -0.379 e. The number of rotatable bonds is 2. The Balaban J connectivity index is 1.64. The molecule has 0 saturated carbocycles. The largest absolute Gasteiger partial charge is 0.379 e. The number of nitrogens with zero attached hydrogens (tertiary/aromatic N) is 3. The Morgan fingerprint density at radius 2 is 1.78 bits per heavy atom. The summed E-state index contributed by atoms with van der Waals surface area (Å²) in [5, 5.41) is 8.74. The van der Waals surface area contributed by atoms with Gasteiger partial charge in [0, 0.05) is 57.3 Å². The summed E-state index contributed by atoms with van der Waals surface area (Å²) in [5.74, 6) is 2.56. The smallest absolute Gasteiger partial charge is 0.0888 e. The maximum atomic E-state index is 5.47. The molecule has 0 aromatic rings. The van der Waals surface area contributed by atoms with Gasteiger partial charge in [-0.1, -0.05) is 0 Å². The first kappa shape index (κ1) is 13.1. The number of piperazine rings is 1. The van der Waals surface area contributed by atoms with Crippen LogP contribution in [0.5, 0.6) is 0 Å². The van der Waals surface area contributed by atoms with Crippen LogP contribution in [-0.4, -0.2) is 91.6 Å². The number of morpholine rings is 1. The first-order valence-electron chi connectivity index (χ1n) is 7.07. The molecule has 18 heavy (non-hydrogen) atoms. The number of thioether (sulfide) groups is 1. The van der Waals surface area contributed by atoms with E-state index >= 15 is 0 Å². The molecule has 1 N–H and O–H groups in total. The van der Waals surface area contributed by atoms with E-state index in [1.807, 2.05) is 0 Å². The maximum absolute atomic E-state index is 5.47. The lowest BCUT2D eigenvalue weighted by Gasteiger charge is -2.49. The monoisotopic (exact) mass is 272 g/mol. The molecule has 5 nitrogen and oxygen atoms in total. The Bertz CT molecular complexity index is 230. The molecule has 1 atom stereocenters. The van der Waals surface area contributed by atoms with Crippen molar-refractivity contribution in [1.29, 1.82) is 0 Å². The summed E-state index contributed by atoms with van der Waals surface area (Å²) in [6.45, 7) is 9.70. The quantitative estimate of drug-likeness (QED) is 0.730. The molecule has 3 aliphatic heterocycles. The molecular weight excluding hydrogens is 248 g/mol. The normalized spacial score (nSPS) is 33.7. The zero-order valence-corrected chi connectivity index (χ0v) is 11.8. The van der Waals surface area contributed by atoms with Crippen LogP contribution in [0.4, 0.5) is 0 Å². The summed E-state index contributed by atoms with van der Waals surface area (Å²) in [4.78, 5) is 2.58. The number of nitrogens with one attached hydrogen (secondary N) is 1. The molecule has 104 valence electrons. The second-order valence-electron chi connectivity index (χ2n) is 5.06. The van der Waals surface area contributed by atoms with Gasteiger partial charge in [0.05, 0.1) is 19.4 Å². The van der Waals surface area contributed by atoms with Gasteiger partial charge in [0.2, 0.25) is 0 Å². The minimum absolute atomic E-state index is 0.533. The first-order chi connectivity index (χ1) is 8.95. The van der Waals surface area contributed by atoms with Gasteiger partial charge < -0.3 is 10.1 Å². The second-order valence-corrected chi connectivity index (χ2v) is 6.29. The zero-order valence-electron chi connectivity index (χ0n) is 11.0. The summed E-state index contributed by atoms with van der Waals surface area (Å²) in [6, 6.07) is 0. The van der Waals surface area contributed by atoms with Crippen LogP contribution in [0.25, 0.3) is 0 Å². The Labute approximate surface area is 114 Å². The van der Waals surface area contributed by atoms with Gasteiger partial charge in [0.25, 0.3) is 0 Å². The van der Waals surface area contributed by atoms with Crippen LogP contribution in [-0.2, 0) is 4.74 Å². The highest BCUT2D eigenvalue weighted by Gasteiger charge is 2.32. The summed E-state index contributed by atoms with van der Waals surface area (Å²) < 4.78 is 5.47. The van der Waals surface area contributed by atoms with Crippen LogP contribution in [0.1, 0.15) is 0 Å². The predicted molar refractivity (Wildman–Crippen MR) is 74.7 cm³/mol. The first-order valence-corrected chi connectivity index (χ1v) is 8.22. The lowest BCUT2D eigenvalue weighted by molar-refractivity contribution is -0.136. The molecular formula is C12H24N4OS. The summed E-state index contributed by atoms with van der Waals surface area (Å²) >= 11 is 2.08. The lowest BCUT2D eigenvalue weighted by Crippen LogP contribution is -2.66. The summed E-state index contributed by atoms with van der Waals surface area (Å²) in [7, 11) is 0. The van der Waals surface area contributed by atoms with Crippen molar-refractivity contribution in [2.24, 2.45) is 0 Å². The van der Waals surface area contributed by atoms with Gasteiger partial charge in [-0.15, -0.1) is 0 Å². The molecule has 3 aliphatic rings. The molecule has 1 unspecified atom stereocenters. The van der Waals surface area contributed by atoms with Crippen LogP contribution in [0, 0.1) is 0 Å². The molecule has 0 aromatic carbocycles. The molecule has 6 heteroatoms. The molecule has 3 heterocycles. The highest BCUT2D eigenvalue weighted by Crippen LogP contribution is 2.18. The van der Waals surface area contributed by atoms with Crippen LogP contribution in [0.3, 0.4) is 0 Å². The lowest BCUT2D eigenvalue weighted by atomic mass is 10.2. The Kier molecular flexibility index (Phi) is 4.78. The van der Waals surface area contributed by atoms with Crippen molar-refractivity contribution in [3.8, 4) is 0 Å². The fourth-order valence-electron chi connectivity index (χ4n) is 3.01. The number of ether oxygens (including phenoxy) is 1. The van der Waals surface area contributed by atoms with Crippen molar-refractivity contribution in [1.82, 2.24) is 20.2 Å². The van der Waals surface area contributed by atoms with Gasteiger partial charge in [-0.25, -0.2) is 10.0 Å². The molecule has 0 aromatic heterocycles. The molecule has 0 aliphatic carbocycles. The van der Waals surface area contributed by atoms with Crippen molar-refractivity contribution < 1.29 is 4.74 Å². The van der Waals surface area contributed by atoms with Crippen LogP contribution in [0.2, 0.25) is 0 Å². The highest BCUT2D eigenvalue weighted by atomic mass is 32.2. The second kappa shape index (κ2) is 6.54. The minimum atomic E-state index is 0.533. The molecule has 0 radical (unpaired) electrons. The van der Waals surface area contributed by atoms with Gasteiger partial charge in [0.15, 0.2) is 0 Å². The average molecular weight is 272 g/mol. The maximum Gasteiger partial charge on any atom is 0.0888 e. The standard InChI is InChI=1S/C12H24N4OS/c1-2-16(15-5-9-18-10-6-15)12(11-13-1)14-3-7-17-8-4-14/h12-13H,1-11H2. The van der Waals surface area contributed by atoms with Crippen LogP contribution >= 0.6 is 11.8 Å². The molecule has 3 saturated heterocycles. The molecule has 0 bridgehead atoms. The van der Waals surface area contributed by atoms with Gasteiger partial charge >= 0.3 is 0 Å². The molecule has 0 amide bonds. The van der Waals surface area contributed by atoms with Crippen molar-refractivity contribution >= 4 is 11.8 Å². The Morgan fingerprint density at radius 3 is 2.56 bits per heavy atom. The summed E-state index contributed by atoms with van der Waals surface area (Å²) in [6.07, 6.45) is 0.533. The number of hydrazine groups is 1. The van der Waals surface area contributed by atoms with E-state index in [1.54, 1.807) is 0 Å². The van der Waals surface area contributed by atoms with Gasteiger partial charge in [-0.3, -0.25) is 4.90 Å². The van der Waals surface area contributed by atoms with Crippen molar-refractivity contribution in [2.45, 2.75) is 6.17 Å². The Morgan fingerprint density at radius 1 is 1.00 bits per heavy atom. The van der Waals surface area contributed by atoms with Crippen molar-refractivity contribution in [3.05, 3.63) is 0 Å². The third kappa shape index (κ3) is 3.00. The SMILES string of the molecule is C1CN(N2CCSCC2)C(N2CCOCC2)CN1. The van der Waals surface area contributed by atoms with Crippen LogP contribution < -0.4 is 5.32 Å². The van der Waals surface area contributed by atoms with E-state index in [-0.39, 0.29) is 0 Å². The fraction of sp³-hybridized carbons (Fsp3) is 1.00. The van der Waals surface area contributed by atoms with E-state index in [2.05, 4.69) is 32.0 Å². The number of hydrogen-bond acceptors (Lipinski definition) is 6. The fourth-order valence-corrected chi connectivity index (χ4v) is 3.90. The third-order valence-corrected chi connectivity index (χ3v) is 4.95. The van der Waals surface area contributed by atoms with Crippen molar-refractivity contribution in [2.75, 3.05) is 70.5 Å². The van der Waals surface area contributed by atoms with E-state index in [9.17, 15) is 0 Å². The predicted octanol–water partition coefficient (Wildman–Crippen LogP) is -0.486. The van der Waals surface area contributed by atoms with Gasteiger partial charge in [-0.05, 0) is 0 Å². The van der Waals surface area contributed by atoms with E-state index in [0.29, 0.717) is 6.17 Å². The summed E-state index contributed by atoms with van der Waals surface area (Å²) in [5.41, 5.74) is 0. The molecule has 0 spiro atoms. The molecule has 3 fully saturated rings. The van der Waals surface area contributed by atoms with Crippen LogP contribution in [0.15, 0.2) is 0 Å². The number of hydrogen-bond donors (Lipinski definition) is 1. The Hall–Kier alpha value is 0.150. The highest BCUT2D eigenvalue weighted by molar-refractivity contribution is 7.99. The van der Waals surface area contributed by atoms with Gasteiger partial charge in [0.1, 0.15) is 0 Å². The average Bonchev–Trinajstić information content (AvgIpc) is 2.49. The zero-order chi connectivity index (χ0) is 12.2. The molecule has 3 rings (SSSR count). The van der Waals surface area contributed by atoms with E-state index < -0.39 is 0 Å².